The average Bonchev–Trinajstić information content (AvgIpc) is 2.77. The number of nitrogens with one attached hydrogen (secondary N) is 2. The minimum Gasteiger partial charge on any atom is -0.352 e. The molecule has 0 bridgehead atoms. The molecule has 0 radical (unpaired) electrons. The van der Waals surface area contributed by atoms with Crippen molar-refractivity contribution in [2.24, 2.45) is 5.73 Å². The number of para-hydroxylation sites is 2. The van der Waals surface area contributed by atoms with Crippen molar-refractivity contribution < 1.29 is 4.79 Å². The third kappa shape index (κ3) is 3.48. The van der Waals surface area contributed by atoms with E-state index in [1.807, 2.05) is 18.2 Å². The predicted molar refractivity (Wildman–Crippen MR) is 79.3 cm³/mol. The van der Waals surface area contributed by atoms with Crippen molar-refractivity contribution in [1.29, 1.82) is 0 Å². The lowest BCUT2D eigenvalue weighted by Gasteiger charge is -2.09. The van der Waals surface area contributed by atoms with Crippen LogP contribution in [0.4, 0.5) is 4.79 Å². The van der Waals surface area contributed by atoms with E-state index in [4.69, 9.17) is 5.73 Å². The molecule has 6 heteroatoms. The van der Waals surface area contributed by atoms with Crippen LogP contribution in [0.15, 0.2) is 24.3 Å². The van der Waals surface area contributed by atoms with Crippen molar-refractivity contribution >= 4 is 17.1 Å². The van der Waals surface area contributed by atoms with E-state index in [1.165, 1.54) is 5.52 Å². The number of amides is 2. The molecule has 1 aromatic carbocycles. The smallest absolute Gasteiger partial charge is 0.312 e. The summed E-state index contributed by atoms with van der Waals surface area (Å²) in [6, 6.07) is 7.66. The number of benzene rings is 1. The van der Waals surface area contributed by atoms with Crippen LogP contribution in [0.25, 0.3) is 11.0 Å². The number of urea groups is 1. The second-order valence-corrected chi connectivity index (χ2v) is 4.64. The summed E-state index contributed by atoms with van der Waals surface area (Å²) in [6.07, 6.45) is 1.07. The molecule has 0 saturated carbocycles. The van der Waals surface area contributed by atoms with Gasteiger partial charge in [-0.15, -0.1) is 0 Å². The summed E-state index contributed by atoms with van der Waals surface area (Å²) in [4.78, 5) is 15.2. The molecular formula is C14H21N5O. The molecule has 1 heterocycles. The number of carbonyl (C=O) groups is 1. The first-order valence-electron chi connectivity index (χ1n) is 6.90. The molecule has 6 nitrogen and oxygen atoms in total. The van der Waals surface area contributed by atoms with Crippen LogP contribution < -0.4 is 16.4 Å². The highest BCUT2D eigenvalue weighted by Crippen LogP contribution is 2.16. The fraction of sp³-hybridized carbons (Fsp3) is 0.429. The fourth-order valence-electron chi connectivity index (χ4n) is 2.21. The Morgan fingerprint density at radius 3 is 2.90 bits per heavy atom. The summed E-state index contributed by atoms with van der Waals surface area (Å²) in [6.45, 7) is 4.97. The van der Waals surface area contributed by atoms with Gasteiger partial charge >= 0.3 is 6.03 Å². The third-order valence-electron chi connectivity index (χ3n) is 3.06. The van der Waals surface area contributed by atoms with Crippen LogP contribution in [0.2, 0.25) is 0 Å². The molecule has 0 spiro atoms. The number of aryl methyl sites for hydroxylation is 1. The Morgan fingerprint density at radius 1 is 1.35 bits per heavy atom. The molecular weight excluding hydrogens is 254 g/mol. The zero-order valence-corrected chi connectivity index (χ0v) is 11.7. The van der Waals surface area contributed by atoms with E-state index in [1.54, 1.807) is 0 Å². The van der Waals surface area contributed by atoms with Gasteiger partial charge in [0.1, 0.15) is 5.82 Å². The number of nitrogens with zero attached hydrogens (tertiary/aromatic N) is 2. The number of primary amides is 1. The molecule has 108 valence electrons. The van der Waals surface area contributed by atoms with E-state index >= 15 is 0 Å². The summed E-state index contributed by atoms with van der Waals surface area (Å²) in [5.74, 6) is 1.02. The topological polar surface area (TPSA) is 85.0 Å². The molecule has 0 atom stereocenters. The molecule has 0 saturated heterocycles. The van der Waals surface area contributed by atoms with Crippen LogP contribution in [0.5, 0.6) is 0 Å². The summed E-state index contributed by atoms with van der Waals surface area (Å²) in [7, 11) is 0. The highest BCUT2D eigenvalue weighted by Gasteiger charge is 2.08. The van der Waals surface area contributed by atoms with Crippen molar-refractivity contribution in [2.45, 2.75) is 26.4 Å². The van der Waals surface area contributed by atoms with Crippen LogP contribution in [0.1, 0.15) is 19.2 Å². The van der Waals surface area contributed by atoms with Crippen molar-refractivity contribution in [3.05, 3.63) is 30.1 Å². The first kappa shape index (κ1) is 14.3. The second kappa shape index (κ2) is 6.91. The molecule has 0 aliphatic carbocycles. The van der Waals surface area contributed by atoms with Crippen molar-refractivity contribution in [3.8, 4) is 0 Å². The molecule has 4 N–H and O–H groups in total. The zero-order chi connectivity index (χ0) is 14.4. The minimum atomic E-state index is -0.495. The van der Waals surface area contributed by atoms with Crippen LogP contribution in [0.3, 0.4) is 0 Å². The maximum Gasteiger partial charge on any atom is 0.312 e. The normalized spacial score (nSPS) is 10.8. The van der Waals surface area contributed by atoms with Crippen molar-refractivity contribution in [2.75, 3.05) is 13.1 Å². The molecule has 1 aromatic heterocycles. The summed E-state index contributed by atoms with van der Waals surface area (Å²) < 4.78 is 2.24. The maximum absolute atomic E-state index is 10.6. The number of hydrogen-bond donors (Lipinski definition) is 3. The SMILES string of the molecule is CCCn1c(CNCCNC(N)=O)nc2ccccc21. The van der Waals surface area contributed by atoms with E-state index < -0.39 is 6.03 Å². The van der Waals surface area contributed by atoms with E-state index in [0.717, 1.165) is 24.3 Å². The van der Waals surface area contributed by atoms with E-state index in [9.17, 15) is 4.79 Å². The fourth-order valence-corrected chi connectivity index (χ4v) is 2.21. The molecule has 20 heavy (non-hydrogen) atoms. The Kier molecular flexibility index (Phi) is 4.95. The average molecular weight is 275 g/mol. The standard InChI is InChI=1S/C14H21N5O/c1-2-9-19-12-6-4-3-5-11(12)18-13(19)10-16-7-8-17-14(15)20/h3-6,16H,2,7-10H2,1H3,(H3,15,17,20). The maximum atomic E-state index is 10.6. The molecule has 0 unspecified atom stereocenters. The summed E-state index contributed by atoms with van der Waals surface area (Å²) in [5.41, 5.74) is 7.20. The van der Waals surface area contributed by atoms with Gasteiger partial charge in [-0.05, 0) is 18.6 Å². The number of aromatic nitrogens is 2. The Labute approximate surface area is 118 Å². The molecule has 2 amide bonds. The van der Waals surface area contributed by atoms with Crippen molar-refractivity contribution in [3.63, 3.8) is 0 Å². The summed E-state index contributed by atoms with van der Waals surface area (Å²) >= 11 is 0. The monoisotopic (exact) mass is 275 g/mol. The first-order chi connectivity index (χ1) is 9.72. The quantitative estimate of drug-likeness (QED) is 0.664. The number of nitrogens with two attached hydrogens (primary N) is 1. The number of rotatable bonds is 7. The van der Waals surface area contributed by atoms with Crippen LogP contribution in [-0.2, 0) is 13.1 Å². The lowest BCUT2D eigenvalue weighted by Crippen LogP contribution is -2.35. The molecule has 0 fully saturated rings. The largest absolute Gasteiger partial charge is 0.352 e. The lowest BCUT2D eigenvalue weighted by molar-refractivity contribution is 0.249. The predicted octanol–water partition coefficient (Wildman–Crippen LogP) is 1.20. The molecule has 0 aliphatic heterocycles. The van der Waals surface area contributed by atoms with Gasteiger partial charge in [0.05, 0.1) is 17.6 Å². The molecule has 0 aliphatic rings. The van der Waals surface area contributed by atoms with Crippen LogP contribution in [0, 0.1) is 0 Å². The Hall–Kier alpha value is -2.08. The van der Waals surface area contributed by atoms with E-state index in [2.05, 4.69) is 33.2 Å². The van der Waals surface area contributed by atoms with Gasteiger partial charge in [-0.1, -0.05) is 19.1 Å². The number of hydrogen-bond acceptors (Lipinski definition) is 3. The van der Waals surface area contributed by atoms with Gasteiger partial charge in [-0.25, -0.2) is 9.78 Å². The highest BCUT2D eigenvalue weighted by atomic mass is 16.2. The van der Waals surface area contributed by atoms with Gasteiger partial charge in [-0.2, -0.15) is 0 Å². The van der Waals surface area contributed by atoms with Gasteiger partial charge in [0, 0.05) is 19.6 Å². The number of fused-ring (bicyclic) bond motifs is 1. The lowest BCUT2D eigenvalue weighted by atomic mass is 10.3. The minimum absolute atomic E-state index is 0.495. The molecule has 2 rings (SSSR count). The number of imidazole rings is 1. The Bertz CT molecular complexity index is 578. The molecule has 2 aromatic rings. The van der Waals surface area contributed by atoms with Crippen LogP contribution >= 0.6 is 0 Å². The van der Waals surface area contributed by atoms with Gasteiger partial charge in [0.2, 0.25) is 0 Å². The zero-order valence-electron chi connectivity index (χ0n) is 11.7. The van der Waals surface area contributed by atoms with Crippen molar-refractivity contribution in [1.82, 2.24) is 20.2 Å². The first-order valence-corrected chi connectivity index (χ1v) is 6.90. The van der Waals surface area contributed by atoms with E-state index in [0.29, 0.717) is 19.6 Å². The van der Waals surface area contributed by atoms with E-state index in [-0.39, 0.29) is 0 Å². The third-order valence-corrected chi connectivity index (χ3v) is 3.06. The number of carbonyl (C=O) groups excluding carboxylic acids is 1. The van der Waals surface area contributed by atoms with Gasteiger partial charge in [0.15, 0.2) is 0 Å². The Morgan fingerprint density at radius 2 is 2.15 bits per heavy atom. The Balaban J connectivity index is 2.01. The second-order valence-electron chi connectivity index (χ2n) is 4.64. The van der Waals surface area contributed by atoms with Crippen LogP contribution in [-0.4, -0.2) is 28.7 Å². The summed E-state index contributed by atoms with van der Waals surface area (Å²) in [5, 5.41) is 5.81. The highest BCUT2D eigenvalue weighted by molar-refractivity contribution is 5.75. The van der Waals surface area contributed by atoms with Gasteiger partial charge in [0.25, 0.3) is 0 Å². The van der Waals surface area contributed by atoms with Gasteiger partial charge in [-0.3, -0.25) is 0 Å². The van der Waals surface area contributed by atoms with Gasteiger partial charge < -0.3 is 20.9 Å².